The summed E-state index contributed by atoms with van der Waals surface area (Å²) in [6.07, 6.45) is 0.404. The number of nitrogens with zero attached hydrogens (tertiary/aromatic N) is 3. The second kappa shape index (κ2) is 6.89. The second-order valence-corrected chi connectivity index (χ2v) is 8.10. The number of amides is 1. The molecule has 1 aliphatic rings. The number of rotatable bonds is 4. The van der Waals surface area contributed by atoms with Crippen molar-refractivity contribution in [2.45, 2.75) is 65.3 Å². The summed E-state index contributed by atoms with van der Waals surface area (Å²) in [6, 6.07) is 3.74. The van der Waals surface area contributed by atoms with Gasteiger partial charge in [0.2, 0.25) is 0 Å². The van der Waals surface area contributed by atoms with Gasteiger partial charge in [0.25, 0.3) is 5.91 Å². The molecule has 0 spiro atoms. The van der Waals surface area contributed by atoms with Crippen LogP contribution in [0.1, 0.15) is 73.5 Å². The number of nitrogens with two attached hydrogens (primary N) is 1. The Balaban J connectivity index is 1.85. The molecule has 0 radical (unpaired) electrons. The topological polar surface area (TPSA) is 97.5 Å². The second-order valence-electron chi connectivity index (χ2n) is 8.10. The summed E-state index contributed by atoms with van der Waals surface area (Å²) in [5, 5.41) is 14.3. The highest BCUT2D eigenvalue weighted by Crippen LogP contribution is 2.30. The number of hydrogen-bond donors (Lipinski definition) is 2. The van der Waals surface area contributed by atoms with Gasteiger partial charge in [-0.1, -0.05) is 20.8 Å². The number of aliphatic hydroxyl groups is 1. The average molecular weight is 360 g/mol. The Labute approximate surface area is 153 Å². The highest BCUT2D eigenvalue weighted by molar-refractivity contribution is 5.90. The lowest BCUT2D eigenvalue weighted by atomic mass is 9.90. The van der Waals surface area contributed by atoms with Crippen molar-refractivity contribution < 1.29 is 14.3 Å². The molecule has 7 nitrogen and oxygen atoms in total. The first-order chi connectivity index (χ1) is 12.1. The van der Waals surface area contributed by atoms with Gasteiger partial charge in [0.15, 0.2) is 5.76 Å². The third-order valence-electron chi connectivity index (χ3n) is 4.67. The van der Waals surface area contributed by atoms with Gasteiger partial charge < -0.3 is 15.3 Å². The summed E-state index contributed by atoms with van der Waals surface area (Å²) in [5.41, 5.74) is 7.99. The molecule has 142 valence electrons. The van der Waals surface area contributed by atoms with Gasteiger partial charge in [0, 0.05) is 37.2 Å². The van der Waals surface area contributed by atoms with Crippen LogP contribution in [0, 0.1) is 0 Å². The summed E-state index contributed by atoms with van der Waals surface area (Å²) < 4.78 is 7.75. The smallest absolute Gasteiger partial charge is 0.284 e. The first-order valence-corrected chi connectivity index (χ1v) is 9.05. The maximum Gasteiger partial charge on any atom is 0.284 e. The molecule has 1 amide bonds. The van der Waals surface area contributed by atoms with Gasteiger partial charge in [-0.15, -0.1) is 0 Å². The molecule has 26 heavy (non-hydrogen) atoms. The van der Waals surface area contributed by atoms with E-state index in [0.29, 0.717) is 12.2 Å². The van der Waals surface area contributed by atoms with Crippen molar-refractivity contribution in [3.05, 3.63) is 40.6 Å². The molecule has 7 heteroatoms. The standard InChI is InChI=1S/C19H28N4O3/c1-12(24)15-9-14-11-22(6-5-7-23(14)21-15)10-13-8-16(18(20)25)26-17(13)19(2,3)4/h8-9,12,24H,5-7,10-11H2,1-4H3,(H2,20,25)/t12-/m1/s1. The van der Waals surface area contributed by atoms with E-state index in [9.17, 15) is 9.90 Å². The molecule has 2 aromatic rings. The van der Waals surface area contributed by atoms with Crippen LogP contribution >= 0.6 is 0 Å². The third kappa shape index (κ3) is 3.83. The highest BCUT2D eigenvalue weighted by Gasteiger charge is 2.27. The Morgan fingerprint density at radius 1 is 1.38 bits per heavy atom. The SMILES string of the molecule is C[C@@H](O)c1cc2n(n1)CCCN(Cc1cc(C(N)=O)oc1C(C)(C)C)C2. The summed E-state index contributed by atoms with van der Waals surface area (Å²) in [5.74, 6) is 0.465. The minimum Gasteiger partial charge on any atom is -0.455 e. The molecule has 0 saturated carbocycles. The number of carbonyl (C=O) groups excluding carboxylic acids is 1. The van der Waals surface area contributed by atoms with E-state index < -0.39 is 12.0 Å². The molecule has 0 unspecified atom stereocenters. The normalized spacial score (nSPS) is 17.0. The van der Waals surface area contributed by atoms with Crippen LogP contribution in [0.25, 0.3) is 0 Å². The molecule has 0 fully saturated rings. The molecule has 0 bridgehead atoms. The fraction of sp³-hybridized carbons (Fsp3) is 0.579. The molecule has 2 aromatic heterocycles. The fourth-order valence-electron chi connectivity index (χ4n) is 3.43. The Morgan fingerprint density at radius 3 is 2.73 bits per heavy atom. The lowest BCUT2D eigenvalue weighted by molar-refractivity contribution is 0.0970. The van der Waals surface area contributed by atoms with E-state index in [1.54, 1.807) is 13.0 Å². The van der Waals surface area contributed by atoms with Crippen molar-refractivity contribution in [2.24, 2.45) is 5.73 Å². The molecular formula is C19H28N4O3. The molecule has 0 aromatic carbocycles. The number of aromatic nitrogens is 2. The van der Waals surface area contributed by atoms with Crippen LogP contribution in [0.4, 0.5) is 0 Å². The van der Waals surface area contributed by atoms with Crippen LogP contribution in [0.3, 0.4) is 0 Å². The molecule has 3 N–H and O–H groups in total. The Morgan fingerprint density at radius 2 is 2.12 bits per heavy atom. The van der Waals surface area contributed by atoms with Crippen LogP contribution < -0.4 is 5.73 Å². The zero-order chi connectivity index (χ0) is 19.1. The number of aliphatic hydroxyl groups excluding tert-OH is 1. The van der Waals surface area contributed by atoms with Gasteiger partial charge in [0.05, 0.1) is 17.5 Å². The lowest BCUT2D eigenvalue weighted by Crippen LogP contribution is -2.24. The van der Waals surface area contributed by atoms with Gasteiger partial charge >= 0.3 is 0 Å². The molecule has 3 heterocycles. The number of carbonyl (C=O) groups is 1. The summed E-state index contributed by atoms with van der Waals surface area (Å²) in [7, 11) is 0. The lowest BCUT2D eigenvalue weighted by Gasteiger charge is -2.22. The first kappa shape index (κ1) is 18.7. The number of primary amides is 1. The Kier molecular flexibility index (Phi) is 4.94. The van der Waals surface area contributed by atoms with Gasteiger partial charge in [-0.2, -0.15) is 5.10 Å². The number of hydrogen-bond acceptors (Lipinski definition) is 5. The monoisotopic (exact) mass is 360 g/mol. The van der Waals surface area contributed by atoms with Crippen LogP contribution in [0.5, 0.6) is 0 Å². The quantitative estimate of drug-likeness (QED) is 0.872. The van der Waals surface area contributed by atoms with E-state index in [4.69, 9.17) is 10.2 Å². The van der Waals surface area contributed by atoms with Crippen LogP contribution in [-0.4, -0.2) is 32.2 Å². The maximum atomic E-state index is 11.6. The fourth-order valence-corrected chi connectivity index (χ4v) is 3.43. The van der Waals surface area contributed by atoms with E-state index in [1.165, 1.54) is 0 Å². The Bertz CT molecular complexity index is 798. The zero-order valence-corrected chi connectivity index (χ0v) is 16.0. The number of fused-ring (bicyclic) bond motifs is 1. The number of aryl methyl sites for hydroxylation is 1. The van der Waals surface area contributed by atoms with Gasteiger partial charge in [0.1, 0.15) is 5.76 Å². The molecule has 3 rings (SSSR count). The van der Waals surface area contributed by atoms with Gasteiger partial charge in [-0.05, 0) is 25.5 Å². The first-order valence-electron chi connectivity index (χ1n) is 9.05. The molecule has 1 aliphatic heterocycles. The van der Waals surface area contributed by atoms with Crippen LogP contribution in [-0.2, 0) is 25.0 Å². The minimum absolute atomic E-state index is 0.209. The summed E-state index contributed by atoms with van der Waals surface area (Å²) in [6.45, 7) is 11.1. The Hall–Kier alpha value is -2.12. The summed E-state index contributed by atoms with van der Waals surface area (Å²) >= 11 is 0. The predicted molar refractivity (Wildman–Crippen MR) is 97.5 cm³/mol. The van der Waals surface area contributed by atoms with Crippen molar-refractivity contribution in [1.29, 1.82) is 0 Å². The van der Waals surface area contributed by atoms with Gasteiger partial charge in [-0.3, -0.25) is 14.4 Å². The van der Waals surface area contributed by atoms with Crippen molar-refractivity contribution in [3.63, 3.8) is 0 Å². The number of furan rings is 1. The third-order valence-corrected chi connectivity index (χ3v) is 4.67. The van der Waals surface area contributed by atoms with Crippen LogP contribution in [0.15, 0.2) is 16.5 Å². The predicted octanol–water partition coefficient (Wildman–Crippen LogP) is 2.33. The van der Waals surface area contributed by atoms with E-state index >= 15 is 0 Å². The molecule has 0 aliphatic carbocycles. The van der Waals surface area contributed by atoms with Crippen molar-refractivity contribution in [2.75, 3.05) is 6.54 Å². The maximum absolute atomic E-state index is 11.6. The van der Waals surface area contributed by atoms with E-state index in [0.717, 1.165) is 43.1 Å². The molecule has 1 atom stereocenters. The zero-order valence-electron chi connectivity index (χ0n) is 16.0. The minimum atomic E-state index is -0.567. The highest BCUT2D eigenvalue weighted by atomic mass is 16.4. The molecule has 0 saturated heterocycles. The largest absolute Gasteiger partial charge is 0.455 e. The van der Waals surface area contributed by atoms with Crippen molar-refractivity contribution >= 4 is 5.91 Å². The van der Waals surface area contributed by atoms with Crippen LogP contribution in [0.2, 0.25) is 0 Å². The molecular weight excluding hydrogens is 332 g/mol. The average Bonchev–Trinajstić information content (AvgIpc) is 3.07. The van der Waals surface area contributed by atoms with E-state index in [2.05, 4.69) is 30.8 Å². The van der Waals surface area contributed by atoms with Gasteiger partial charge in [-0.25, -0.2) is 0 Å². The van der Waals surface area contributed by atoms with Crippen molar-refractivity contribution in [3.8, 4) is 0 Å². The van der Waals surface area contributed by atoms with Crippen molar-refractivity contribution in [1.82, 2.24) is 14.7 Å². The van der Waals surface area contributed by atoms with E-state index in [1.807, 2.05) is 10.7 Å². The summed E-state index contributed by atoms with van der Waals surface area (Å²) in [4.78, 5) is 13.9. The van der Waals surface area contributed by atoms with E-state index in [-0.39, 0.29) is 11.2 Å².